The van der Waals surface area contributed by atoms with E-state index in [0.717, 1.165) is 49.1 Å². The van der Waals surface area contributed by atoms with Crippen molar-refractivity contribution >= 4 is 35.1 Å². The van der Waals surface area contributed by atoms with Crippen molar-refractivity contribution in [3.05, 3.63) is 112 Å². The summed E-state index contributed by atoms with van der Waals surface area (Å²) in [7, 11) is 0. The van der Waals surface area contributed by atoms with Crippen molar-refractivity contribution in [2.45, 2.75) is 126 Å². The number of ether oxygens (including phenoxy) is 3. The van der Waals surface area contributed by atoms with Crippen LogP contribution in [0.3, 0.4) is 0 Å². The first-order chi connectivity index (χ1) is 31.5. The second-order valence-corrected chi connectivity index (χ2v) is 18.9. The number of hydrogen-bond donors (Lipinski definition) is 4. The van der Waals surface area contributed by atoms with Gasteiger partial charge in [-0.2, -0.15) is 13.2 Å². The quantitative estimate of drug-likeness (QED) is 0.0629. The molecule has 0 aliphatic heterocycles. The number of nitrogens with one attached hydrogen (secondary N) is 2. The summed E-state index contributed by atoms with van der Waals surface area (Å²) < 4.78 is 55.7. The van der Waals surface area contributed by atoms with Gasteiger partial charge >= 0.3 is 18.1 Å². The number of carboxylic acids is 2. The first kappa shape index (κ1) is 48.4. The van der Waals surface area contributed by atoms with Gasteiger partial charge in [-0.15, -0.1) is 0 Å². The van der Waals surface area contributed by atoms with Crippen molar-refractivity contribution in [3.63, 3.8) is 0 Å². The van der Waals surface area contributed by atoms with E-state index >= 15 is 0 Å². The Labute approximate surface area is 388 Å². The Morgan fingerprint density at radius 2 is 1.70 bits per heavy atom. The number of pyridine rings is 1. The van der Waals surface area contributed by atoms with Crippen molar-refractivity contribution in [1.82, 2.24) is 10.3 Å². The van der Waals surface area contributed by atoms with Crippen LogP contribution in [0.4, 0.5) is 18.9 Å². The molecule has 15 heteroatoms. The molecule has 0 bridgehead atoms. The molecule has 3 aromatic carbocycles. The minimum Gasteiger partial charge on any atom is -0.494 e. The van der Waals surface area contributed by atoms with E-state index in [-0.39, 0.29) is 42.4 Å². The fraction of sp³-hybridized carbons (Fsp3) is 0.490. The fourth-order valence-corrected chi connectivity index (χ4v) is 10.5. The highest BCUT2D eigenvalue weighted by Crippen LogP contribution is 2.57. The lowest BCUT2D eigenvalue weighted by molar-refractivity contribution is -0.144. The number of aryl methyl sites for hydroxylation is 1. The van der Waals surface area contributed by atoms with E-state index in [0.29, 0.717) is 66.7 Å². The molecule has 354 valence electrons. The molecule has 1 fully saturated rings. The zero-order valence-electron chi connectivity index (χ0n) is 37.4. The number of nitrogens with zero attached hydrogens (tertiary/aromatic N) is 1. The van der Waals surface area contributed by atoms with E-state index in [1.54, 1.807) is 30.3 Å². The Morgan fingerprint density at radius 3 is 2.44 bits per heavy atom. The van der Waals surface area contributed by atoms with Crippen LogP contribution in [-0.2, 0) is 39.1 Å². The number of halogens is 4. The molecule has 11 nitrogen and oxygen atoms in total. The second-order valence-electron chi connectivity index (χ2n) is 18.5. The number of carbonyl (C=O) groups excluding carboxylic acids is 1. The van der Waals surface area contributed by atoms with Gasteiger partial charge in [-0.3, -0.25) is 9.78 Å². The summed E-state index contributed by atoms with van der Waals surface area (Å²) in [4.78, 5) is 42.8. The molecular weight excluding hydrogens is 875 g/mol. The number of anilines is 1. The molecule has 0 saturated heterocycles. The van der Waals surface area contributed by atoms with Crippen LogP contribution in [0.25, 0.3) is 0 Å². The van der Waals surface area contributed by atoms with Crippen molar-refractivity contribution < 1.29 is 52.0 Å². The van der Waals surface area contributed by atoms with Crippen molar-refractivity contribution in [2.24, 2.45) is 11.8 Å². The fourth-order valence-electron chi connectivity index (χ4n) is 10.3. The van der Waals surface area contributed by atoms with Gasteiger partial charge in [-0.05, 0) is 153 Å². The van der Waals surface area contributed by atoms with Crippen molar-refractivity contribution in [1.29, 1.82) is 0 Å². The molecule has 1 aromatic heterocycles. The zero-order valence-corrected chi connectivity index (χ0v) is 38.2. The van der Waals surface area contributed by atoms with Crippen LogP contribution in [0.5, 0.6) is 17.2 Å². The van der Waals surface area contributed by atoms with E-state index in [4.69, 9.17) is 25.8 Å². The predicted molar refractivity (Wildman–Crippen MR) is 245 cm³/mol. The highest BCUT2D eigenvalue weighted by atomic mass is 35.5. The van der Waals surface area contributed by atoms with E-state index < -0.39 is 48.6 Å². The Hall–Kier alpha value is -5.50. The van der Waals surface area contributed by atoms with Gasteiger partial charge in [-0.25, -0.2) is 9.59 Å². The van der Waals surface area contributed by atoms with Gasteiger partial charge in [0.1, 0.15) is 28.8 Å². The van der Waals surface area contributed by atoms with Gasteiger partial charge in [0.25, 0.3) is 0 Å². The van der Waals surface area contributed by atoms with Gasteiger partial charge in [0, 0.05) is 41.0 Å². The lowest BCUT2D eigenvalue weighted by atomic mass is 9.59. The Bertz CT molecular complexity index is 2350. The number of fused-ring (bicyclic) bond motifs is 3. The summed E-state index contributed by atoms with van der Waals surface area (Å²) in [5.41, 5.74) is 4.37. The molecule has 4 atom stereocenters. The van der Waals surface area contributed by atoms with Gasteiger partial charge in [0.2, 0.25) is 5.91 Å². The molecule has 2 unspecified atom stereocenters. The minimum atomic E-state index is -4.36. The average Bonchev–Trinajstić information content (AvgIpc) is 3.55. The van der Waals surface area contributed by atoms with Gasteiger partial charge in [0.05, 0.1) is 26.2 Å². The summed E-state index contributed by atoms with van der Waals surface area (Å²) in [5, 5.41) is 27.0. The molecule has 1 amide bonds. The lowest BCUT2D eigenvalue weighted by Gasteiger charge is -2.47. The van der Waals surface area contributed by atoms with E-state index in [9.17, 15) is 37.8 Å². The van der Waals surface area contributed by atoms with Crippen LogP contribution in [0, 0.1) is 11.8 Å². The van der Waals surface area contributed by atoms with Crippen LogP contribution in [0.1, 0.15) is 112 Å². The summed E-state index contributed by atoms with van der Waals surface area (Å²) in [6, 6.07) is 20.1. The SMILES string of the molecule is C[C@@H](COc1ccnc2c1[C@H](C)CCC2)CC1Cc2ccc(OCCCC(=O)NC(Cc3cccc(OCCC(F)(F)F)c3)C(=O)O)cc2C12CCC(Nc1cccc(Cl)c1)(C(=O)O)CC2. The average molecular weight is 934 g/mol. The molecule has 4 N–H and O–H groups in total. The van der Waals surface area contributed by atoms with E-state index in [1.807, 2.05) is 24.4 Å². The monoisotopic (exact) mass is 933 g/mol. The molecule has 1 saturated carbocycles. The first-order valence-corrected chi connectivity index (χ1v) is 23.3. The molecule has 0 radical (unpaired) electrons. The summed E-state index contributed by atoms with van der Waals surface area (Å²) in [5.74, 6) is -0.0837. The molecule has 7 rings (SSSR count). The van der Waals surface area contributed by atoms with Crippen molar-refractivity contribution in [3.8, 4) is 17.2 Å². The Balaban J connectivity index is 1.00. The third-order valence-electron chi connectivity index (χ3n) is 13.7. The molecule has 3 aliphatic carbocycles. The van der Waals surface area contributed by atoms with E-state index in [1.165, 1.54) is 23.3 Å². The number of alkyl halides is 3. The third-order valence-corrected chi connectivity index (χ3v) is 13.9. The number of carboxylic acid groups (broad SMARTS) is 2. The number of aromatic nitrogens is 1. The molecule has 3 aliphatic rings. The smallest absolute Gasteiger partial charge is 0.392 e. The number of carbonyl (C=O) groups is 3. The maximum atomic E-state index is 13.1. The molecule has 4 aromatic rings. The van der Waals surface area contributed by atoms with Gasteiger partial charge < -0.3 is 35.1 Å². The van der Waals surface area contributed by atoms with Crippen molar-refractivity contribution in [2.75, 3.05) is 25.1 Å². The lowest BCUT2D eigenvalue weighted by Crippen LogP contribution is -2.53. The number of hydrogen-bond acceptors (Lipinski definition) is 8. The molecule has 66 heavy (non-hydrogen) atoms. The maximum absolute atomic E-state index is 13.1. The largest absolute Gasteiger partial charge is 0.494 e. The van der Waals surface area contributed by atoms with E-state index in [2.05, 4.69) is 41.6 Å². The second kappa shape index (κ2) is 21.0. The number of aliphatic carboxylic acids is 2. The van der Waals surface area contributed by atoms with Crippen LogP contribution in [-0.4, -0.2) is 70.6 Å². The first-order valence-electron chi connectivity index (χ1n) is 23.0. The maximum Gasteiger partial charge on any atom is 0.392 e. The summed E-state index contributed by atoms with van der Waals surface area (Å²) in [6.07, 6.45) is 3.56. The third kappa shape index (κ3) is 11.9. The highest BCUT2D eigenvalue weighted by molar-refractivity contribution is 6.30. The molecular formula is C51H59ClF3N3O8. The summed E-state index contributed by atoms with van der Waals surface area (Å²) >= 11 is 6.30. The standard InChI is InChI=1S/C51H59ClF3N3O8/c1-32(31-66-44-16-22-56-42-12-3-7-33(2)46(42)44)25-36-28-35-14-15-40(30-41(35)49(36)17-19-50(20-18-49,48(62)63)58-38-10-5-9-37(52)29-38)64-23-6-13-45(59)57-43(47(60)61)27-34-8-4-11-39(26-34)65-24-21-51(53,54)55/h4-5,8-11,14-16,22,26,29-30,32-33,36,43,58H,3,6-7,12-13,17-21,23-25,27-28,31H2,1-2H3,(H,57,59)(H,60,61)(H,62,63)/t32-,33-,36?,43?,49?,50?/m1/s1. The normalized spacial score (nSPS) is 22.1. The predicted octanol–water partition coefficient (Wildman–Crippen LogP) is 10.5. The van der Waals surface area contributed by atoms with Gasteiger partial charge in [-0.1, -0.05) is 49.7 Å². The number of rotatable bonds is 20. The Morgan fingerprint density at radius 1 is 0.939 bits per heavy atom. The van der Waals surface area contributed by atoms with Crippen LogP contribution < -0.4 is 24.8 Å². The zero-order chi connectivity index (χ0) is 47.1. The summed E-state index contributed by atoms with van der Waals surface area (Å²) in [6.45, 7) is 4.63. The Kier molecular flexibility index (Phi) is 15.4. The van der Waals surface area contributed by atoms with Crippen LogP contribution in [0.15, 0.2) is 79.0 Å². The molecule has 1 spiro atoms. The number of benzene rings is 3. The minimum absolute atomic E-state index is 0.000601. The highest BCUT2D eigenvalue weighted by Gasteiger charge is 2.54. The topological polar surface area (TPSA) is 156 Å². The van der Waals surface area contributed by atoms with Crippen LogP contribution >= 0.6 is 11.6 Å². The number of amides is 1. The molecule has 1 heterocycles. The van der Waals surface area contributed by atoms with Gasteiger partial charge in [0.15, 0.2) is 0 Å². The van der Waals surface area contributed by atoms with Crippen LogP contribution in [0.2, 0.25) is 5.02 Å².